The van der Waals surface area contributed by atoms with E-state index in [4.69, 9.17) is 10.5 Å². The minimum Gasteiger partial charge on any atom is -0.493 e. The van der Waals surface area contributed by atoms with Crippen LogP contribution in [0.2, 0.25) is 0 Å². The van der Waals surface area contributed by atoms with Gasteiger partial charge in [-0.3, -0.25) is 4.79 Å². The summed E-state index contributed by atoms with van der Waals surface area (Å²) in [4.78, 5) is 11.9. The smallest absolute Gasteiger partial charge is 0.154 e. The molecule has 17 heavy (non-hydrogen) atoms. The predicted molar refractivity (Wildman–Crippen MR) is 70.3 cm³/mol. The van der Waals surface area contributed by atoms with Crippen LogP contribution in [0.15, 0.2) is 16.6 Å². The largest absolute Gasteiger partial charge is 0.493 e. The second kappa shape index (κ2) is 5.19. The van der Waals surface area contributed by atoms with E-state index < -0.39 is 0 Å². The van der Waals surface area contributed by atoms with E-state index in [0.29, 0.717) is 19.4 Å². The van der Waals surface area contributed by atoms with E-state index in [2.05, 4.69) is 22.0 Å². The van der Waals surface area contributed by atoms with Crippen LogP contribution in [-0.2, 0) is 17.6 Å². The normalized spacial score (nSPS) is 15.2. The molecule has 1 aromatic rings. The summed E-state index contributed by atoms with van der Waals surface area (Å²) in [6.07, 6.45) is 1.95. The molecule has 1 atom stereocenters. The minimum absolute atomic E-state index is 0.0725. The lowest BCUT2D eigenvalue weighted by Gasteiger charge is -2.11. The first-order chi connectivity index (χ1) is 8.11. The van der Waals surface area contributed by atoms with Crippen molar-refractivity contribution in [2.24, 2.45) is 5.73 Å². The van der Waals surface area contributed by atoms with Crippen LogP contribution in [0, 0.1) is 0 Å². The Balaban J connectivity index is 2.24. The van der Waals surface area contributed by atoms with Crippen molar-refractivity contribution in [2.45, 2.75) is 32.2 Å². The lowest BCUT2D eigenvalue weighted by atomic mass is 10.00. The maximum Gasteiger partial charge on any atom is 0.154 e. The molecule has 0 fully saturated rings. The Labute approximate surface area is 109 Å². The number of rotatable bonds is 4. The summed E-state index contributed by atoms with van der Waals surface area (Å²) < 4.78 is 6.58. The third-order valence-corrected chi connectivity index (χ3v) is 3.50. The van der Waals surface area contributed by atoms with Gasteiger partial charge in [0.2, 0.25) is 0 Å². The van der Waals surface area contributed by atoms with Crippen molar-refractivity contribution < 1.29 is 9.53 Å². The van der Waals surface area contributed by atoms with Crippen LogP contribution >= 0.6 is 15.9 Å². The Hall–Kier alpha value is -0.870. The molecular weight excluding hydrogens is 282 g/mol. The van der Waals surface area contributed by atoms with Gasteiger partial charge in [0.1, 0.15) is 5.75 Å². The number of carbonyl (C=O) groups excluding carboxylic acids is 1. The van der Waals surface area contributed by atoms with Crippen molar-refractivity contribution in [2.75, 3.05) is 6.61 Å². The van der Waals surface area contributed by atoms with Crippen molar-refractivity contribution in [1.82, 2.24) is 0 Å². The summed E-state index contributed by atoms with van der Waals surface area (Å²) in [7, 11) is 0. The highest BCUT2D eigenvalue weighted by Crippen LogP contribution is 2.33. The zero-order valence-electron chi connectivity index (χ0n) is 9.83. The molecule has 4 heteroatoms. The van der Waals surface area contributed by atoms with Gasteiger partial charge < -0.3 is 10.5 Å². The van der Waals surface area contributed by atoms with Crippen LogP contribution in [-0.4, -0.2) is 18.4 Å². The molecule has 2 rings (SSSR count). The number of nitrogens with two attached hydrogens (primary N) is 1. The maximum atomic E-state index is 11.9. The van der Waals surface area contributed by atoms with Crippen molar-refractivity contribution in [3.05, 3.63) is 27.7 Å². The number of halogens is 1. The van der Waals surface area contributed by atoms with Gasteiger partial charge in [0.25, 0.3) is 0 Å². The summed E-state index contributed by atoms with van der Waals surface area (Å²) in [5.74, 6) is 0.952. The molecule has 0 aromatic heterocycles. The van der Waals surface area contributed by atoms with Gasteiger partial charge in [0.15, 0.2) is 5.78 Å². The Morgan fingerprint density at radius 2 is 2.35 bits per heavy atom. The van der Waals surface area contributed by atoms with Gasteiger partial charge in [-0.1, -0.05) is 22.9 Å². The zero-order chi connectivity index (χ0) is 12.4. The van der Waals surface area contributed by atoms with Crippen molar-refractivity contribution in [3.8, 4) is 5.75 Å². The second-order valence-electron chi connectivity index (χ2n) is 4.31. The summed E-state index contributed by atoms with van der Waals surface area (Å²) in [6, 6.07) is 3.63. The fourth-order valence-electron chi connectivity index (χ4n) is 2.02. The number of Topliss-reactive ketones (excluding diaryl/α,β-unsaturated/α-hetero) is 1. The number of benzene rings is 1. The van der Waals surface area contributed by atoms with E-state index in [0.717, 1.165) is 22.2 Å². The zero-order valence-corrected chi connectivity index (χ0v) is 11.4. The van der Waals surface area contributed by atoms with Crippen LogP contribution in [0.1, 0.15) is 24.5 Å². The highest BCUT2D eigenvalue weighted by atomic mass is 79.9. The Morgan fingerprint density at radius 1 is 1.59 bits per heavy atom. The van der Waals surface area contributed by atoms with E-state index in [1.165, 1.54) is 5.56 Å². The van der Waals surface area contributed by atoms with Crippen molar-refractivity contribution in [1.29, 1.82) is 0 Å². The van der Waals surface area contributed by atoms with Gasteiger partial charge in [0.05, 0.1) is 12.6 Å². The number of hydrogen-bond donors (Lipinski definition) is 1. The van der Waals surface area contributed by atoms with E-state index in [1.807, 2.05) is 13.0 Å². The Morgan fingerprint density at radius 3 is 3.06 bits per heavy atom. The van der Waals surface area contributed by atoms with Crippen molar-refractivity contribution in [3.63, 3.8) is 0 Å². The molecule has 0 bridgehead atoms. The molecule has 0 saturated heterocycles. The minimum atomic E-state index is -0.369. The molecule has 0 amide bonds. The summed E-state index contributed by atoms with van der Waals surface area (Å²) in [5.41, 5.74) is 7.86. The van der Waals surface area contributed by atoms with Crippen LogP contribution < -0.4 is 10.5 Å². The van der Waals surface area contributed by atoms with Crippen LogP contribution in [0.3, 0.4) is 0 Å². The van der Waals surface area contributed by atoms with E-state index >= 15 is 0 Å². The van der Waals surface area contributed by atoms with Gasteiger partial charge in [-0.15, -0.1) is 0 Å². The summed E-state index contributed by atoms with van der Waals surface area (Å²) in [6.45, 7) is 2.62. The molecule has 0 aliphatic carbocycles. The monoisotopic (exact) mass is 297 g/mol. The highest BCUT2D eigenvalue weighted by Gasteiger charge is 2.20. The van der Waals surface area contributed by atoms with Gasteiger partial charge in [-0.25, -0.2) is 0 Å². The molecule has 92 valence electrons. The third-order valence-electron chi connectivity index (χ3n) is 3.04. The average Bonchev–Trinajstić information content (AvgIpc) is 2.75. The van der Waals surface area contributed by atoms with E-state index in [9.17, 15) is 4.79 Å². The average molecular weight is 298 g/mol. The summed E-state index contributed by atoms with van der Waals surface area (Å²) in [5, 5.41) is 0. The lowest BCUT2D eigenvalue weighted by molar-refractivity contribution is -0.119. The van der Waals surface area contributed by atoms with Crippen LogP contribution in [0.4, 0.5) is 0 Å². The Kier molecular flexibility index (Phi) is 3.84. The first kappa shape index (κ1) is 12.6. The molecule has 3 nitrogen and oxygen atoms in total. The number of ketones is 1. The van der Waals surface area contributed by atoms with Gasteiger partial charge in [-0.2, -0.15) is 0 Å². The van der Waals surface area contributed by atoms with Gasteiger partial charge in [-0.05, 0) is 24.1 Å². The highest BCUT2D eigenvalue weighted by molar-refractivity contribution is 9.10. The molecule has 1 unspecified atom stereocenters. The molecule has 1 aliphatic rings. The van der Waals surface area contributed by atoms with E-state index in [-0.39, 0.29) is 11.8 Å². The summed E-state index contributed by atoms with van der Waals surface area (Å²) >= 11 is 3.46. The third kappa shape index (κ3) is 2.69. The first-order valence-electron chi connectivity index (χ1n) is 5.84. The number of ether oxygens (including phenoxy) is 1. The second-order valence-corrected chi connectivity index (χ2v) is 5.23. The van der Waals surface area contributed by atoms with E-state index in [1.54, 1.807) is 0 Å². The molecule has 1 aromatic carbocycles. The molecule has 1 aliphatic heterocycles. The molecule has 0 saturated carbocycles. The molecule has 1 heterocycles. The van der Waals surface area contributed by atoms with Crippen LogP contribution in [0.25, 0.3) is 0 Å². The molecule has 0 radical (unpaired) electrons. The van der Waals surface area contributed by atoms with Crippen molar-refractivity contribution >= 4 is 21.7 Å². The Bertz CT molecular complexity index is 445. The predicted octanol–water partition coefficient (Wildman–Crippen LogP) is 2.23. The molecular formula is C13H16BrNO2. The maximum absolute atomic E-state index is 11.9. The number of carbonyl (C=O) groups is 1. The first-order valence-corrected chi connectivity index (χ1v) is 6.63. The quantitative estimate of drug-likeness (QED) is 0.927. The topological polar surface area (TPSA) is 52.3 Å². The SMILES string of the molecule is CCC(N)C(=O)Cc1cc(Br)cc2c1OCC2. The molecule has 2 N–H and O–H groups in total. The molecule has 0 spiro atoms. The van der Waals surface area contributed by atoms with Gasteiger partial charge in [0, 0.05) is 22.9 Å². The fraction of sp³-hybridized carbons (Fsp3) is 0.462. The number of fused-ring (bicyclic) bond motifs is 1. The van der Waals surface area contributed by atoms with Gasteiger partial charge >= 0.3 is 0 Å². The standard InChI is InChI=1S/C13H16BrNO2/c1-2-11(15)12(16)7-9-6-10(14)5-8-3-4-17-13(8)9/h5-6,11H,2-4,7,15H2,1H3. The lowest BCUT2D eigenvalue weighted by Crippen LogP contribution is -2.30. The fourth-order valence-corrected chi connectivity index (χ4v) is 2.58. The number of hydrogen-bond acceptors (Lipinski definition) is 3. The van der Waals surface area contributed by atoms with Crippen LogP contribution in [0.5, 0.6) is 5.75 Å².